The van der Waals surface area contributed by atoms with Crippen LogP contribution in [0, 0.1) is 0 Å². The van der Waals surface area contributed by atoms with Crippen LogP contribution in [0.1, 0.15) is 6.92 Å². The third-order valence-electron chi connectivity index (χ3n) is 4.80. The fourth-order valence-corrected chi connectivity index (χ4v) is 3.39. The van der Waals surface area contributed by atoms with Gasteiger partial charge < -0.3 is 19.7 Å². The van der Waals surface area contributed by atoms with E-state index in [-0.39, 0.29) is 13.2 Å². The molecule has 28 heavy (non-hydrogen) atoms. The number of anilines is 1. The van der Waals surface area contributed by atoms with Crippen molar-refractivity contribution in [2.45, 2.75) is 6.92 Å². The number of amides is 1. The minimum absolute atomic E-state index is 0.272. The number of carbonyl (C=O) groups excluding carboxylic acids is 2. The van der Waals surface area contributed by atoms with Gasteiger partial charge in [-0.15, -0.1) is 0 Å². The predicted octanol–water partition coefficient (Wildman–Crippen LogP) is 2.25. The first kappa shape index (κ1) is 19.9. The Labute approximate surface area is 165 Å². The lowest BCUT2D eigenvalue weighted by Gasteiger charge is -2.36. The van der Waals surface area contributed by atoms with Crippen molar-refractivity contribution in [2.24, 2.45) is 0 Å². The molecule has 0 spiro atoms. The van der Waals surface area contributed by atoms with Gasteiger partial charge in [-0.2, -0.15) is 0 Å². The fraction of sp³-hybridized carbons (Fsp3) is 0.429. The van der Waals surface area contributed by atoms with Crippen LogP contribution in [0.5, 0.6) is 0 Å². The molecule has 7 nitrogen and oxygen atoms in total. The maximum Gasteiger partial charge on any atom is 0.407 e. The van der Waals surface area contributed by atoms with Gasteiger partial charge >= 0.3 is 12.1 Å². The number of esters is 1. The van der Waals surface area contributed by atoms with Crippen LogP contribution >= 0.6 is 0 Å². The summed E-state index contributed by atoms with van der Waals surface area (Å²) < 4.78 is 9.52. The molecule has 0 atom stereocenters. The number of nitrogens with zero attached hydrogens (tertiary/aromatic N) is 2. The van der Waals surface area contributed by atoms with Crippen molar-refractivity contribution in [2.75, 3.05) is 57.4 Å². The highest BCUT2D eigenvalue weighted by Crippen LogP contribution is 2.27. The first-order chi connectivity index (χ1) is 13.7. The van der Waals surface area contributed by atoms with Crippen molar-refractivity contribution in [1.82, 2.24) is 10.2 Å². The zero-order chi connectivity index (χ0) is 19.8. The SMILES string of the molecule is CCOC(=O)COC(=O)NCCN1CCN(c2cccc3ccccc23)CC1. The first-order valence-corrected chi connectivity index (χ1v) is 9.68. The number of ether oxygens (including phenoxy) is 2. The minimum Gasteiger partial charge on any atom is -0.463 e. The number of hydrogen-bond donors (Lipinski definition) is 1. The van der Waals surface area contributed by atoms with Gasteiger partial charge in [0, 0.05) is 50.3 Å². The van der Waals surface area contributed by atoms with E-state index < -0.39 is 12.1 Å². The van der Waals surface area contributed by atoms with Crippen LogP contribution < -0.4 is 10.2 Å². The zero-order valence-corrected chi connectivity index (χ0v) is 16.2. The normalized spacial score (nSPS) is 14.7. The van der Waals surface area contributed by atoms with Crippen LogP contribution in [0.4, 0.5) is 10.5 Å². The van der Waals surface area contributed by atoms with Crippen LogP contribution in [0.15, 0.2) is 42.5 Å². The van der Waals surface area contributed by atoms with Gasteiger partial charge in [0.05, 0.1) is 6.61 Å². The molecule has 0 aliphatic carbocycles. The topological polar surface area (TPSA) is 71.1 Å². The lowest BCUT2D eigenvalue weighted by molar-refractivity contribution is -0.146. The van der Waals surface area contributed by atoms with Gasteiger partial charge in [0.2, 0.25) is 0 Å². The van der Waals surface area contributed by atoms with Gasteiger partial charge in [-0.3, -0.25) is 4.90 Å². The average Bonchev–Trinajstić information content (AvgIpc) is 2.73. The molecule has 1 fully saturated rings. The number of hydrogen-bond acceptors (Lipinski definition) is 6. The maximum absolute atomic E-state index is 11.6. The van der Waals surface area contributed by atoms with E-state index in [9.17, 15) is 9.59 Å². The third-order valence-corrected chi connectivity index (χ3v) is 4.80. The van der Waals surface area contributed by atoms with E-state index in [2.05, 4.69) is 57.6 Å². The Morgan fingerprint density at radius 1 is 1.00 bits per heavy atom. The number of alkyl carbamates (subject to hydrolysis) is 1. The Balaban J connectivity index is 1.40. The summed E-state index contributed by atoms with van der Waals surface area (Å²) in [4.78, 5) is 27.5. The molecule has 3 rings (SSSR count). The number of fused-ring (bicyclic) bond motifs is 1. The van der Waals surface area contributed by atoms with Crippen molar-refractivity contribution in [1.29, 1.82) is 0 Å². The summed E-state index contributed by atoms with van der Waals surface area (Å²) in [6, 6.07) is 14.9. The molecular weight excluding hydrogens is 358 g/mol. The van der Waals surface area contributed by atoms with Gasteiger partial charge in [-0.25, -0.2) is 9.59 Å². The molecule has 2 aromatic carbocycles. The molecule has 0 bridgehead atoms. The van der Waals surface area contributed by atoms with Crippen LogP contribution in [-0.2, 0) is 14.3 Å². The smallest absolute Gasteiger partial charge is 0.407 e. The summed E-state index contributed by atoms with van der Waals surface area (Å²) >= 11 is 0. The maximum atomic E-state index is 11.6. The summed E-state index contributed by atoms with van der Waals surface area (Å²) in [5.41, 5.74) is 1.28. The molecule has 1 amide bonds. The van der Waals surface area contributed by atoms with Crippen LogP contribution in [-0.4, -0.2) is 69.4 Å². The van der Waals surface area contributed by atoms with Gasteiger partial charge in [-0.1, -0.05) is 36.4 Å². The van der Waals surface area contributed by atoms with Gasteiger partial charge in [-0.05, 0) is 18.4 Å². The molecule has 0 aromatic heterocycles. The Morgan fingerprint density at radius 2 is 1.75 bits per heavy atom. The van der Waals surface area contributed by atoms with Crippen molar-refractivity contribution in [3.8, 4) is 0 Å². The number of benzene rings is 2. The molecule has 1 aliphatic rings. The number of nitrogens with one attached hydrogen (secondary N) is 1. The average molecular weight is 385 g/mol. The summed E-state index contributed by atoms with van der Waals surface area (Å²) in [6.45, 7) is 6.61. The fourth-order valence-electron chi connectivity index (χ4n) is 3.39. The molecular formula is C21H27N3O4. The molecule has 1 aliphatic heterocycles. The van der Waals surface area contributed by atoms with Crippen molar-refractivity contribution in [3.63, 3.8) is 0 Å². The second kappa shape index (κ2) is 9.94. The zero-order valence-electron chi connectivity index (χ0n) is 16.2. The molecule has 150 valence electrons. The standard InChI is InChI=1S/C21H27N3O4/c1-2-27-20(25)16-28-21(26)22-10-11-23-12-14-24(15-13-23)19-9-5-7-17-6-3-4-8-18(17)19/h3-9H,2,10-16H2,1H3,(H,22,26). The Morgan fingerprint density at radius 3 is 2.54 bits per heavy atom. The summed E-state index contributed by atoms with van der Waals surface area (Å²) in [7, 11) is 0. The van der Waals surface area contributed by atoms with E-state index in [1.54, 1.807) is 6.92 Å². The second-order valence-electron chi connectivity index (χ2n) is 6.63. The van der Waals surface area contributed by atoms with E-state index in [0.29, 0.717) is 6.54 Å². The molecule has 0 saturated carbocycles. The number of piperazine rings is 1. The van der Waals surface area contributed by atoms with Crippen LogP contribution in [0.2, 0.25) is 0 Å². The molecule has 1 N–H and O–H groups in total. The molecule has 0 unspecified atom stereocenters. The van der Waals surface area contributed by atoms with Crippen LogP contribution in [0.3, 0.4) is 0 Å². The van der Waals surface area contributed by atoms with E-state index in [1.807, 2.05) is 0 Å². The van der Waals surface area contributed by atoms with Gasteiger partial charge in [0.25, 0.3) is 0 Å². The lowest BCUT2D eigenvalue weighted by atomic mass is 10.1. The van der Waals surface area contributed by atoms with Crippen molar-refractivity contribution < 1.29 is 19.1 Å². The van der Waals surface area contributed by atoms with Crippen molar-refractivity contribution in [3.05, 3.63) is 42.5 Å². The Bertz CT molecular complexity index is 798. The van der Waals surface area contributed by atoms with Crippen LogP contribution in [0.25, 0.3) is 10.8 Å². The lowest BCUT2D eigenvalue weighted by Crippen LogP contribution is -2.48. The Kier molecular flexibility index (Phi) is 7.08. The summed E-state index contributed by atoms with van der Waals surface area (Å²) in [6.07, 6.45) is -0.595. The van der Waals surface area contributed by atoms with Gasteiger partial charge in [0.15, 0.2) is 6.61 Å². The highest BCUT2D eigenvalue weighted by atomic mass is 16.6. The van der Waals surface area contributed by atoms with E-state index in [0.717, 1.165) is 32.7 Å². The van der Waals surface area contributed by atoms with E-state index in [4.69, 9.17) is 9.47 Å². The summed E-state index contributed by atoms with van der Waals surface area (Å²) in [5, 5.41) is 5.21. The highest BCUT2D eigenvalue weighted by molar-refractivity contribution is 5.94. The number of carbonyl (C=O) groups is 2. The van der Waals surface area contributed by atoms with Crippen molar-refractivity contribution >= 4 is 28.5 Å². The molecule has 7 heteroatoms. The quantitative estimate of drug-likeness (QED) is 0.737. The van der Waals surface area contributed by atoms with E-state index >= 15 is 0 Å². The predicted molar refractivity (Wildman–Crippen MR) is 109 cm³/mol. The molecule has 0 radical (unpaired) electrons. The minimum atomic E-state index is -0.595. The number of rotatable bonds is 7. The molecule has 2 aromatic rings. The first-order valence-electron chi connectivity index (χ1n) is 9.68. The molecule has 1 saturated heterocycles. The Hall–Kier alpha value is -2.80. The monoisotopic (exact) mass is 385 g/mol. The summed E-state index contributed by atoms with van der Waals surface area (Å²) in [5.74, 6) is -0.540. The second-order valence-corrected chi connectivity index (χ2v) is 6.63. The highest BCUT2D eigenvalue weighted by Gasteiger charge is 2.18. The molecule has 1 heterocycles. The third kappa shape index (κ3) is 5.36. The largest absolute Gasteiger partial charge is 0.463 e. The van der Waals surface area contributed by atoms with E-state index in [1.165, 1.54) is 16.5 Å². The van der Waals surface area contributed by atoms with Gasteiger partial charge in [0.1, 0.15) is 0 Å².